The van der Waals surface area contributed by atoms with E-state index in [2.05, 4.69) is 35.9 Å². The van der Waals surface area contributed by atoms with Crippen LogP contribution < -0.4 is 4.90 Å². The summed E-state index contributed by atoms with van der Waals surface area (Å²) >= 11 is 1.45. The molecule has 1 aromatic carbocycles. The number of hydrogen-bond acceptors (Lipinski definition) is 4. The number of anilines is 1. The third-order valence-corrected chi connectivity index (χ3v) is 8.17. The van der Waals surface area contributed by atoms with Crippen molar-refractivity contribution in [2.45, 2.75) is 57.7 Å². The van der Waals surface area contributed by atoms with E-state index in [4.69, 9.17) is 0 Å². The van der Waals surface area contributed by atoms with E-state index in [0.29, 0.717) is 11.6 Å². The molecule has 0 N–H and O–H groups in total. The Morgan fingerprint density at radius 3 is 2.42 bits per heavy atom. The number of amides is 1. The van der Waals surface area contributed by atoms with Crippen molar-refractivity contribution in [2.24, 2.45) is 4.99 Å². The van der Waals surface area contributed by atoms with Crippen LogP contribution in [0, 0.1) is 0 Å². The maximum absolute atomic E-state index is 12.2. The molecule has 0 aromatic heterocycles. The third-order valence-electron chi connectivity index (χ3n) is 4.96. The van der Waals surface area contributed by atoms with E-state index < -0.39 is 9.84 Å². The highest BCUT2D eigenvalue weighted by Gasteiger charge is 2.50. The summed E-state index contributed by atoms with van der Waals surface area (Å²) in [4.78, 5) is 18.6. The first-order valence-electron chi connectivity index (χ1n) is 9.28. The van der Waals surface area contributed by atoms with Crippen molar-refractivity contribution in [3.63, 3.8) is 0 Å². The van der Waals surface area contributed by atoms with Crippen LogP contribution in [0.1, 0.15) is 44.7 Å². The molecular formula is C19H26N2O3S2. The third kappa shape index (κ3) is 3.69. The number of thioether (sulfide) groups is 1. The lowest BCUT2D eigenvalue weighted by Crippen LogP contribution is -2.39. The van der Waals surface area contributed by atoms with Crippen LogP contribution in [-0.4, -0.2) is 42.3 Å². The van der Waals surface area contributed by atoms with Crippen molar-refractivity contribution in [3.05, 3.63) is 29.3 Å². The molecule has 2 fully saturated rings. The van der Waals surface area contributed by atoms with Gasteiger partial charge in [0.2, 0.25) is 5.91 Å². The number of para-hydroxylation sites is 1. The molecule has 0 spiro atoms. The van der Waals surface area contributed by atoms with Gasteiger partial charge in [-0.15, -0.1) is 0 Å². The first-order chi connectivity index (χ1) is 12.4. The van der Waals surface area contributed by atoms with Crippen LogP contribution in [-0.2, 0) is 27.5 Å². The fraction of sp³-hybridized carbons (Fsp3) is 0.579. The maximum Gasteiger partial charge on any atom is 0.248 e. The smallest absolute Gasteiger partial charge is 0.248 e. The van der Waals surface area contributed by atoms with Crippen molar-refractivity contribution in [3.8, 4) is 0 Å². The summed E-state index contributed by atoms with van der Waals surface area (Å²) < 4.78 is 24.4. The summed E-state index contributed by atoms with van der Waals surface area (Å²) in [5.74, 6) is 0.164. The van der Waals surface area contributed by atoms with Gasteiger partial charge in [0.15, 0.2) is 15.0 Å². The lowest BCUT2D eigenvalue weighted by atomic mass is 10.0. The van der Waals surface area contributed by atoms with E-state index in [1.165, 1.54) is 22.9 Å². The Kier molecular flexibility index (Phi) is 5.77. The largest absolute Gasteiger partial charge is 0.315 e. The Hall–Kier alpha value is -1.34. The number of amidine groups is 1. The van der Waals surface area contributed by atoms with Crippen molar-refractivity contribution in [1.29, 1.82) is 0 Å². The van der Waals surface area contributed by atoms with Crippen LogP contribution in [0.4, 0.5) is 5.69 Å². The van der Waals surface area contributed by atoms with Crippen molar-refractivity contribution in [1.82, 2.24) is 0 Å². The molecular weight excluding hydrogens is 368 g/mol. The van der Waals surface area contributed by atoms with Gasteiger partial charge in [-0.2, -0.15) is 4.99 Å². The Balaban J connectivity index is 2.11. The second-order valence-electron chi connectivity index (χ2n) is 6.84. The molecule has 2 heterocycles. The number of fused-ring (bicyclic) bond motifs is 1. The van der Waals surface area contributed by atoms with Crippen LogP contribution in [0.5, 0.6) is 0 Å². The normalized spacial score (nSPS) is 25.7. The first-order valence-corrected chi connectivity index (χ1v) is 12.0. The standard InChI is InChI=1S/C19H26N2O3S2/c1-4-8-17(22)20-19-21(15-11-26(23,24)12-16(15)25-19)18-13(5-2)9-7-10-14(18)6-3/h7,9-10,15-16H,4-6,8,11-12H2,1-3H3/t15-,16+/m1/s1. The van der Waals surface area contributed by atoms with Crippen molar-refractivity contribution >= 4 is 38.4 Å². The average Bonchev–Trinajstić information content (AvgIpc) is 3.05. The van der Waals surface area contributed by atoms with E-state index in [9.17, 15) is 13.2 Å². The van der Waals surface area contributed by atoms with Gasteiger partial charge in [-0.05, 0) is 30.4 Å². The molecule has 7 heteroatoms. The van der Waals surface area contributed by atoms with Crippen molar-refractivity contribution in [2.75, 3.05) is 16.4 Å². The average molecular weight is 395 g/mol. The molecule has 0 unspecified atom stereocenters. The predicted molar refractivity (Wildman–Crippen MR) is 109 cm³/mol. The van der Waals surface area contributed by atoms with Crippen LogP contribution in [0.15, 0.2) is 23.2 Å². The molecule has 1 aromatic rings. The molecule has 2 atom stereocenters. The molecule has 0 saturated carbocycles. The van der Waals surface area contributed by atoms with Gasteiger partial charge in [-0.25, -0.2) is 8.42 Å². The fourth-order valence-electron chi connectivity index (χ4n) is 3.73. The van der Waals surface area contributed by atoms with Gasteiger partial charge in [-0.3, -0.25) is 4.79 Å². The number of sulfone groups is 1. The molecule has 3 rings (SSSR count). The van der Waals surface area contributed by atoms with Gasteiger partial charge in [0.25, 0.3) is 0 Å². The first kappa shape index (κ1) is 19.4. The minimum absolute atomic E-state index is 0.0530. The van der Waals surface area contributed by atoms with Gasteiger partial charge >= 0.3 is 0 Å². The van der Waals surface area contributed by atoms with E-state index in [-0.39, 0.29) is 28.7 Å². The van der Waals surface area contributed by atoms with Gasteiger partial charge in [-0.1, -0.05) is 50.7 Å². The highest BCUT2D eigenvalue weighted by atomic mass is 32.2. The fourth-order valence-corrected chi connectivity index (χ4v) is 7.64. The number of aryl methyl sites for hydroxylation is 2. The molecule has 0 aliphatic carbocycles. The SMILES string of the molecule is CCCC(=O)N=C1S[C@H]2CS(=O)(=O)C[C@H]2N1c1c(CC)cccc1CC. The summed E-state index contributed by atoms with van der Waals surface area (Å²) in [5, 5.41) is 0.617. The minimum Gasteiger partial charge on any atom is -0.315 e. The number of benzene rings is 1. The molecule has 0 bridgehead atoms. The quantitative estimate of drug-likeness (QED) is 0.767. The van der Waals surface area contributed by atoms with Crippen LogP contribution in [0.2, 0.25) is 0 Å². The van der Waals surface area contributed by atoms with Crippen LogP contribution in [0.25, 0.3) is 0 Å². The second-order valence-corrected chi connectivity index (χ2v) is 10.2. The van der Waals surface area contributed by atoms with Gasteiger partial charge in [0.1, 0.15) is 0 Å². The molecule has 142 valence electrons. The lowest BCUT2D eigenvalue weighted by molar-refractivity contribution is -0.117. The molecule has 2 aliphatic rings. The number of hydrogen-bond donors (Lipinski definition) is 0. The molecule has 26 heavy (non-hydrogen) atoms. The van der Waals surface area contributed by atoms with E-state index >= 15 is 0 Å². The van der Waals surface area contributed by atoms with Crippen LogP contribution >= 0.6 is 11.8 Å². The monoisotopic (exact) mass is 394 g/mol. The summed E-state index contributed by atoms with van der Waals surface area (Å²) in [6.07, 6.45) is 2.88. The lowest BCUT2D eigenvalue weighted by Gasteiger charge is -2.29. The van der Waals surface area contributed by atoms with Gasteiger partial charge in [0.05, 0.1) is 17.5 Å². The zero-order valence-corrected chi connectivity index (χ0v) is 17.2. The molecule has 0 radical (unpaired) electrons. The highest BCUT2D eigenvalue weighted by Crippen LogP contribution is 2.43. The van der Waals surface area contributed by atoms with E-state index in [1.54, 1.807) is 0 Å². The Morgan fingerprint density at radius 1 is 1.19 bits per heavy atom. The molecule has 2 saturated heterocycles. The molecule has 5 nitrogen and oxygen atoms in total. The minimum atomic E-state index is -3.05. The second kappa shape index (κ2) is 7.72. The Labute approximate surface area is 160 Å². The Bertz CT molecular complexity index is 811. The highest BCUT2D eigenvalue weighted by molar-refractivity contribution is 8.16. The number of carbonyl (C=O) groups is 1. The topological polar surface area (TPSA) is 66.8 Å². The number of nitrogens with zero attached hydrogens (tertiary/aromatic N) is 2. The van der Waals surface area contributed by atoms with Crippen molar-refractivity contribution < 1.29 is 13.2 Å². The molecule has 2 aliphatic heterocycles. The summed E-state index contributed by atoms with van der Waals surface area (Å²) in [7, 11) is -3.05. The number of rotatable bonds is 5. The number of aliphatic imine (C=N–C) groups is 1. The number of carbonyl (C=O) groups excluding carboxylic acids is 1. The van der Waals surface area contributed by atoms with Crippen LogP contribution in [0.3, 0.4) is 0 Å². The summed E-state index contributed by atoms with van der Waals surface area (Å²) in [6, 6.07) is 6.07. The zero-order valence-electron chi connectivity index (χ0n) is 15.6. The van der Waals surface area contributed by atoms with Gasteiger partial charge < -0.3 is 4.90 Å². The van der Waals surface area contributed by atoms with E-state index in [0.717, 1.165) is 24.9 Å². The summed E-state index contributed by atoms with van der Waals surface area (Å²) in [5.41, 5.74) is 3.40. The van der Waals surface area contributed by atoms with Gasteiger partial charge in [0, 0.05) is 17.4 Å². The molecule has 1 amide bonds. The predicted octanol–water partition coefficient (Wildman–Crippen LogP) is 3.21. The summed E-state index contributed by atoms with van der Waals surface area (Å²) in [6.45, 7) is 6.16. The zero-order chi connectivity index (χ0) is 18.9. The Morgan fingerprint density at radius 2 is 1.85 bits per heavy atom. The maximum atomic E-state index is 12.2. The van der Waals surface area contributed by atoms with E-state index in [1.807, 2.05) is 13.0 Å².